The molecule has 6 heteroatoms. The van der Waals surface area contributed by atoms with Gasteiger partial charge >= 0.3 is 0 Å². The van der Waals surface area contributed by atoms with Crippen LogP contribution in [-0.2, 0) is 19.4 Å². The SMILES string of the molecule is C=CCc1ccccc1OCCCn1c(CCNC(=O)c2cccs2)nc2ccccc21. The fraction of sp³-hybridized carbons (Fsp3) is 0.231. The van der Waals surface area contributed by atoms with Crippen molar-refractivity contribution in [2.24, 2.45) is 0 Å². The second-order valence-electron chi connectivity index (χ2n) is 7.45. The number of fused-ring (bicyclic) bond motifs is 1. The van der Waals surface area contributed by atoms with Crippen molar-refractivity contribution < 1.29 is 9.53 Å². The number of amides is 1. The van der Waals surface area contributed by atoms with E-state index in [2.05, 4.69) is 28.6 Å². The minimum Gasteiger partial charge on any atom is -0.493 e. The molecule has 4 aromatic rings. The van der Waals surface area contributed by atoms with E-state index in [0.29, 0.717) is 19.6 Å². The number of aromatic nitrogens is 2. The van der Waals surface area contributed by atoms with E-state index in [9.17, 15) is 4.79 Å². The second kappa shape index (κ2) is 10.8. The Bertz CT molecular complexity index is 1180. The Morgan fingerprint density at radius 2 is 1.97 bits per heavy atom. The van der Waals surface area contributed by atoms with Gasteiger partial charge in [0.25, 0.3) is 5.91 Å². The quantitative estimate of drug-likeness (QED) is 0.253. The second-order valence-corrected chi connectivity index (χ2v) is 8.40. The Morgan fingerprint density at radius 1 is 1.12 bits per heavy atom. The van der Waals surface area contributed by atoms with Gasteiger partial charge in [0.05, 0.1) is 22.5 Å². The first kappa shape index (κ1) is 21.8. The van der Waals surface area contributed by atoms with E-state index in [1.165, 1.54) is 11.3 Å². The first-order valence-corrected chi connectivity index (χ1v) is 11.7. The monoisotopic (exact) mass is 445 g/mol. The highest BCUT2D eigenvalue weighted by Crippen LogP contribution is 2.20. The molecule has 0 spiro atoms. The predicted molar refractivity (Wildman–Crippen MR) is 131 cm³/mol. The van der Waals surface area contributed by atoms with Crippen molar-refractivity contribution in [1.82, 2.24) is 14.9 Å². The number of hydrogen-bond donors (Lipinski definition) is 1. The number of thiophene rings is 1. The maximum absolute atomic E-state index is 12.2. The molecule has 32 heavy (non-hydrogen) atoms. The summed E-state index contributed by atoms with van der Waals surface area (Å²) in [7, 11) is 0. The van der Waals surface area contributed by atoms with Crippen LogP contribution in [0.2, 0.25) is 0 Å². The van der Waals surface area contributed by atoms with Gasteiger partial charge in [-0.1, -0.05) is 42.5 Å². The summed E-state index contributed by atoms with van der Waals surface area (Å²) in [6, 6.07) is 20.0. The number of carbonyl (C=O) groups is 1. The van der Waals surface area contributed by atoms with Crippen LogP contribution >= 0.6 is 11.3 Å². The molecule has 0 fully saturated rings. The fourth-order valence-electron chi connectivity index (χ4n) is 3.72. The molecule has 0 saturated carbocycles. The van der Waals surface area contributed by atoms with Gasteiger partial charge in [-0.05, 0) is 48.1 Å². The van der Waals surface area contributed by atoms with Gasteiger partial charge in [0, 0.05) is 19.5 Å². The van der Waals surface area contributed by atoms with Gasteiger partial charge in [0.15, 0.2) is 0 Å². The summed E-state index contributed by atoms with van der Waals surface area (Å²) in [6.45, 7) is 5.80. The van der Waals surface area contributed by atoms with Crippen molar-refractivity contribution in [1.29, 1.82) is 0 Å². The van der Waals surface area contributed by atoms with Gasteiger partial charge in [-0.3, -0.25) is 4.79 Å². The van der Waals surface area contributed by atoms with Crippen molar-refractivity contribution in [2.75, 3.05) is 13.2 Å². The number of aryl methyl sites for hydroxylation is 1. The van der Waals surface area contributed by atoms with Crippen molar-refractivity contribution in [3.63, 3.8) is 0 Å². The number of benzene rings is 2. The molecule has 0 aliphatic rings. The van der Waals surface area contributed by atoms with E-state index < -0.39 is 0 Å². The van der Waals surface area contributed by atoms with Crippen LogP contribution in [0.1, 0.15) is 27.5 Å². The summed E-state index contributed by atoms with van der Waals surface area (Å²) < 4.78 is 8.30. The lowest BCUT2D eigenvalue weighted by Crippen LogP contribution is -2.25. The fourth-order valence-corrected chi connectivity index (χ4v) is 4.36. The van der Waals surface area contributed by atoms with E-state index in [0.717, 1.165) is 52.4 Å². The highest BCUT2D eigenvalue weighted by atomic mass is 32.1. The molecule has 164 valence electrons. The summed E-state index contributed by atoms with van der Waals surface area (Å²) in [5.41, 5.74) is 3.24. The minimum atomic E-state index is -0.0331. The first-order valence-electron chi connectivity index (χ1n) is 10.8. The van der Waals surface area contributed by atoms with Crippen LogP contribution in [0, 0.1) is 0 Å². The standard InChI is InChI=1S/C26H27N3O2S/c1-2-9-20-10-3-6-13-23(20)31-18-8-17-29-22-12-5-4-11-21(22)28-25(29)15-16-27-26(30)24-14-7-19-32-24/h2-7,10-14,19H,1,8-9,15-18H2,(H,27,30). The molecule has 0 aliphatic heterocycles. The summed E-state index contributed by atoms with van der Waals surface area (Å²) in [5, 5.41) is 4.91. The number of para-hydroxylation sites is 3. The first-order chi connectivity index (χ1) is 15.8. The maximum atomic E-state index is 12.2. The Hall–Kier alpha value is -3.38. The molecule has 0 saturated heterocycles. The third-order valence-electron chi connectivity index (χ3n) is 5.23. The zero-order valence-corrected chi connectivity index (χ0v) is 18.8. The Kier molecular flexibility index (Phi) is 7.35. The molecule has 2 aromatic carbocycles. The van der Waals surface area contributed by atoms with E-state index in [-0.39, 0.29) is 5.91 Å². The van der Waals surface area contributed by atoms with Crippen LogP contribution in [0.3, 0.4) is 0 Å². The molecule has 1 amide bonds. The lowest BCUT2D eigenvalue weighted by molar-refractivity contribution is 0.0958. The van der Waals surface area contributed by atoms with Crippen LogP contribution in [0.25, 0.3) is 11.0 Å². The zero-order chi connectivity index (χ0) is 22.2. The van der Waals surface area contributed by atoms with E-state index >= 15 is 0 Å². The Labute approximate surface area is 192 Å². The highest BCUT2D eigenvalue weighted by Gasteiger charge is 2.12. The lowest BCUT2D eigenvalue weighted by atomic mass is 10.1. The van der Waals surface area contributed by atoms with Gasteiger partial charge < -0.3 is 14.6 Å². The number of ether oxygens (including phenoxy) is 1. The molecule has 1 N–H and O–H groups in total. The number of hydrogen-bond acceptors (Lipinski definition) is 4. The normalized spacial score (nSPS) is 10.9. The molecule has 2 heterocycles. The van der Waals surface area contributed by atoms with Gasteiger partial charge in [-0.25, -0.2) is 4.98 Å². The average molecular weight is 446 g/mol. The molecule has 0 aliphatic carbocycles. The van der Waals surface area contributed by atoms with Gasteiger partial charge in [0.2, 0.25) is 0 Å². The molecule has 0 bridgehead atoms. The number of imidazole rings is 1. The number of allylic oxidation sites excluding steroid dienone is 1. The molecule has 0 atom stereocenters. The van der Waals surface area contributed by atoms with Crippen LogP contribution in [-0.4, -0.2) is 28.6 Å². The Balaban J connectivity index is 1.38. The minimum absolute atomic E-state index is 0.0331. The van der Waals surface area contributed by atoms with Gasteiger partial charge in [0.1, 0.15) is 11.6 Å². The average Bonchev–Trinajstić information content (AvgIpc) is 3.46. The van der Waals surface area contributed by atoms with E-state index in [4.69, 9.17) is 9.72 Å². The smallest absolute Gasteiger partial charge is 0.261 e. The molecule has 4 rings (SSSR count). The summed E-state index contributed by atoms with van der Waals surface area (Å²) in [6.07, 6.45) is 4.22. The van der Waals surface area contributed by atoms with Crippen molar-refractivity contribution in [3.05, 3.63) is 95.0 Å². The van der Waals surface area contributed by atoms with Crippen LogP contribution in [0.5, 0.6) is 5.75 Å². The third-order valence-corrected chi connectivity index (χ3v) is 6.10. The zero-order valence-electron chi connectivity index (χ0n) is 18.0. The topological polar surface area (TPSA) is 56.1 Å². The Morgan fingerprint density at radius 3 is 2.81 bits per heavy atom. The predicted octanol–water partition coefficient (Wildman–Crippen LogP) is 5.27. The largest absolute Gasteiger partial charge is 0.493 e. The third kappa shape index (κ3) is 5.26. The molecule has 5 nitrogen and oxygen atoms in total. The van der Waals surface area contributed by atoms with E-state index in [1.807, 2.05) is 60.0 Å². The summed E-state index contributed by atoms with van der Waals surface area (Å²) in [4.78, 5) is 17.8. The van der Waals surface area contributed by atoms with Crippen LogP contribution in [0.15, 0.2) is 78.7 Å². The van der Waals surface area contributed by atoms with Crippen LogP contribution < -0.4 is 10.1 Å². The number of carbonyl (C=O) groups excluding carboxylic acids is 1. The molecular weight excluding hydrogens is 418 g/mol. The lowest BCUT2D eigenvalue weighted by Gasteiger charge is -2.12. The van der Waals surface area contributed by atoms with Crippen molar-refractivity contribution >= 4 is 28.3 Å². The molecule has 2 aromatic heterocycles. The molecule has 0 unspecified atom stereocenters. The highest BCUT2D eigenvalue weighted by molar-refractivity contribution is 7.12. The summed E-state index contributed by atoms with van der Waals surface area (Å²) in [5.74, 6) is 1.86. The van der Waals surface area contributed by atoms with Crippen LogP contribution in [0.4, 0.5) is 0 Å². The molecular formula is C26H27N3O2S. The van der Waals surface area contributed by atoms with Gasteiger partial charge in [-0.15, -0.1) is 17.9 Å². The van der Waals surface area contributed by atoms with E-state index in [1.54, 1.807) is 0 Å². The number of rotatable bonds is 11. The number of nitrogens with one attached hydrogen (secondary N) is 1. The molecule has 0 radical (unpaired) electrons. The number of nitrogens with zero attached hydrogens (tertiary/aromatic N) is 2. The van der Waals surface area contributed by atoms with Gasteiger partial charge in [-0.2, -0.15) is 0 Å². The summed E-state index contributed by atoms with van der Waals surface area (Å²) >= 11 is 1.45. The maximum Gasteiger partial charge on any atom is 0.261 e. The van der Waals surface area contributed by atoms with Crippen molar-refractivity contribution in [2.45, 2.75) is 25.8 Å². The van der Waals surface area contributed by atoms with Crippen molar-refractivity contribution in [3.8, 4) is 5.75 Å².